The number of methoxy groups -OCH3 is 1. The average molecular weight is 143 g/mol. The van der Waals surface area contributed by atoms with Crippen LogP contribution in [0.5, 0.6) is 0 Å². The fourth-order valence-corrected chi connectivity index (χ4v) is 1.64. The summed E-state index contributed by atoms with van der Waals surface area (Å²) in [6.45, 7) is 2.24. The molecule has 0 aromatic rings. The summed E-state index contributed by atoms with van der Waals surface area (Å²) in [5, 5.41) is 0. The van der Waals surface area contributed by atoms with Crippen LogP contribution >= 0.6 is 0 Å². The minimum atomic E-state index is 0.376. The molecule has 2 N–H and O–H groups in total. The Morgan fingerprint density at radius 3 is 2.60 bits per heavy atom. The second kappa shape index (κ2) is 3.35. The fourth-order valence-electron chi connectivity index (χ4n) is 1.64. The lowest BCUT2D eigenvalue weighted by atomic mass is 9.85. The molecule has 3 unspecified atom stereocenters. The van der Waals surface area contributed by atoms with E-state index in [9.17, 15) is 0 Å². The number of nitrogens with two attached hydrogens (primary N) is 1. The van der Waals surface area contributed by atoms with E-state index in [-0.39, 0.29) is 0 Å². The maximum absolute atomic E-state index is 5.78. The van der Waals surface area contributed by atoms with Gasteiger partial charge in [-0.2, -0.15) is 0 Å². The van der Waals surface area contributed by atoms with Gasteiger partial charge in [-0.05, 0) is 25.2 Å². The van der Waals surface area contributed by atoms with Crippen molar-refractivity contribution in [2.75, 3.05) is 7.11 Å². The first kappa shape index (κ1) is 8.02. The Bertz CT molecular complexity index is 105. The van der Waals surface area contributed by atoms with Crippen LogP contribution in [-0.2, 0) is 4.74 Å². The first-order chi connectivity index (χ1) is 4.74. The molecule has 2 nitrogen and oxygen atoms in total. The van der Waals surface area contributed by atoms with Gasteiger partial charge in [0.2, 0.25) is 0 Å². The highest BCUT2D eigenvalue weighted by Crippen LogP contribution is 2.24. The van der Waals surface area contributed by atoms with Crippen molar-refractivity contribution in [3.63, 3.8) is 0 Å². The summed E-state index contributed by atoms with van der Waals surface area (Å²) >= 11 is 0. The third kappa shape index (κ3) is 1.70. The molecule has 1 saturated carbocycles. The summed E-state index contributed by atoms with van der Waals surface area (Å²) in [6.07, 6.45) is 3.84. The summed E-state index contributed by atoms with van der Waals surface area (Å²) in [6, 6.07) is 0.376. The van der Waals surface area contributed by atoms with Crippen LogP contribution in [0.25, 0.3) is 0 Å². The van der Waals surface area contributed by atoms with E-state index in [2.05, 4.69) is 6.92 Å². The van der Waals surface area contributed by atoms with E-state index in [1.165, 1.54) is 12.8 Å². The molecule has 1 aliphatic carbocycles. The van der Waals surface area contributed by atoms with Crippen LogP contribution < -0.4 is 5.73 Å². The molecule has 0 radical (unpaired) electrons. The summed E-state index contributed by atoms with van der Waals surface area (Å²) in [5.41, 5.74) is 5.78. The maximum atomic E-state index is 5.78. The molecule has 3 atom stereocenters. The van der Waals surface area contributed by atoms with Crippen molar-refractivity contribution in [1.29, 1.82) is 0 Å². The lowest BCUT2D eigenvalue weighted by Gasteiger charge is -2.31. The zero-order valence-electron chi connectivity index (χ0n) is 6.84. The van der Waals surface area contributed by atoms with Gasteiger partial charge in [0, 0.05) is 13.2 Å². The molecule has 0 aromatic carbocycles. The SMILES string of the molecule is COC1CC(N)CCC1C. The van der Waals surface area contributed by atoms with Crippen LogP contribution in [0.4, 0.5) is 0 Å². The second-order valence-corrected chi connectivity index (χ2v) is 3.32. The van der Waals surface area contributed by atoms with Gasteiger partial charge in [0.25, 0.3) is 0 Å². The molecule has 1 fully saturated rings. The van der Waals surface area contributed by atoms with Gasteiger partial charge in [-0.3, -0.25) is 0 Å². The molecule has 10 heavy (non-hydrogen) atoms. The zero-order valence-corrected chi connectivity index (χ0v) is 6.84. The summed E-state index contributed by atoms with van der Waals surface area (Å²) in [5.74, 6) is 0.699. The molecule has 0 spiro atoms. The lowest BCUT2D eigenvalue weighted by molar-refractivity contribution is 0.0247. The lowest BCUT2D eigenvalue weighted by Crippen LogP contribution is -2.36. The minimum absolute atomic E-state index is 0.376. The van der Waals surface area contributed by atoms with Gasteiger partial charge in [-0.25, -0.2) is 0 Å². The van der Waals surface area contributed by atoms with Gasteiger partial charge >= 0.3 is 0 Å². The summed E-state index contributed by atoms with van der Waals surface area (Å²) in [7, 11) is 1.78. The van der Waals surface area contributed by atoms with Crippen molar-refractivity contribution >= 4 is 0 Å². The monoisotopic (exact) mass is 143 g/mol. The number of hydrogen-bond acceptors (Lipinski definition) is 2. The van der Waals surface area contributed by atoms with Crippen LogP contribution in [0.15, 0.2) is 0 Å². The van der Waals surface area contributed by atoms with E-state index >= 15 is 0 Å². The number of hydrogen-bond donors (Lipinski definition) is 1. The predicted octanol–water partition coefficient (Wildman–Crippen LogP) is 1.15. The standard InChI is InChI=1S/C8H17NO/c1-6-3-4-7(9)5-8(6)10-2/h6-8H,3-5,9H2,1-2H3. The first-order valence-electron chi connectivity index (χ1n) is 4.02. The number of ether oxygens (including phenoxy) is 1. The summed E-state index contributed by atoms with van der Waals surface area (Å²) < 4.78 is 5.29. The van der Waals surface area contributed by atoms with Crippen molar-refractivity contribution in [2.24, 2.45) is 11.7 Å². The van der Waals surface area contributed by atoms with E-state index in [0.29, 0.717) is 18.1 Å². The Morgan fingerprint density at radius 2 is 2.10 bits per heavy atom. The molecule has 0 heterocycles. The highest BCUT2D eigenvalue weighted by atomic mass is 16.5. The average Bonchev–Trinajstić information content (AvgIpc) is 1.94. The maximum Gasteiger partial charge on any atom is 0.0611 e. The van der Waals surface area contributed by atoms with Crippen LogP contribution in [0.3, 0.4) is 0 Å². The second-order valence-electron chi connectivity index (χ2n) is 3.32. The molecule has 1 aliphatic rings. The first-order valence-corrected chi connectivity index (χ1v) is 4.02. The smallest absolute Gasteiger partial charge is 0.0611 e. The normalized spacial score (nSPS) is 41.7. The fraction of sp³-hybridized carbons (Fsp3) is 1.00. The minimum Gasteiger partial charge on any atom is -0.381 e. The van der Waals surface area contributed by atoms with Crippen LogP contribution in [0, 0.1) is 5.92 Å². The largest absolute Gasteiger partial charge is 0.381 e. The van der Waals surface area contributed by atoms with Crippen LogP contribution in [0.1, 0.15) is 26.2 Å². The molecule has 60 valence electrons. The van der Waals surface area contributed by atoms with Crippen molar-refractivity contribution in [1.82, 2.24) is 0 Å². The Kier molecular flexibility index (Phi) is 2.69. The molecular formula is C8H17NO. The van der Waals surface area contributed by atoms with Gasteiger partial charge < -0.3 is 10.5 Å². The molecule has 0 aliphatic heterocycles. The van der Waals surface area contributed by atoms with Crippen molar-refractivity contribution < 1.29 is 4.74 Å². The van der Waals surface area contributed by atoms with Crippen LogP contribution in [-0.4, -0.2) is 19.3 Å². The topological polar surface area (TPSA) is 35.2 Å². The van der Waals surface area contributed by atoms with Crippen molar-refractivity contribution in [3.05, 3.63) is 0 Å². The van der Waals surface area contributed by atoms with Gasteiger partial charge in [-0.15, -0.1) is 0 Å². The van der Waals surface area contributed by atoms with Gasteiger partial charge in [0.15, 0.2) is 0 Å². The summed E-state index contributed by atoms with van der Waals surface area (Å²) in [4.78, 5) is 0. The Balaban J connectivity index is 2.38. The third-order valence-corrected chi connectivity index (χ3v) is 2.47. The van der Waals surface area contributed by atoms with Gasteiger partial charge in [0.1, 0.15) is 0 Å². The van der Waals surface area contributed by atoms with E-state index < -0.39 is 0 Å². The molecule has 0 aromatic heterocycles. The molecule has 0 bridgehead atoms. The Hall–Kier alpha value is -0.0800. The van der Waals surface area contributed by atoms with Gasteiger partial charge in [0.05, 0.1) is 6.10 Å². The van der Waals surface area contributed by atoms with E-state index in [1.54, 1.807) is 7.11 Å². The number of rotatable bonds is 1. The van der Waals surface area contributed by atoms with E-state index in [1.807, 2.05) is 0 Å². The van der Waals surface area contributed by atoms with E-state index in [0.717, 1.165) is 6.42 Å². The van der Waals surface area contributed by atoms with Crippen molar-refractivity contribution in [2.45, 2.75) is 38.3 Å². The van der Waals surface area contributed by atoms with Crippen molar-refractivity contribution in [3.8, 4) is 0 Å². The molecule has 0 saturated heterocycles. The molecule has 1 rings (SSSR count). The molecular weight excluding hydrogens is 126 g/mol. The highest BCUT2D eigenvalue weighted by Gasteiger charge is 2.24. The van der Waals surface area contributed by atoms with E-state index in [4.69, 9.17) is 10.5 Å². The Labute approximate surface area is 62.7 Å². The zero-order chi connectivity index (χ0) is 7.56. The molecule has 0 amide bonds. The van der Waals surface area contributed by atoms with Gasteiger partial charge in [-0.1, -0.05) is 6.92 Å². The Morgan fingerprint density at radius 1 is 1.40 bits per heavy atom. The third-order valence-electron chi connectivity index (χ3n) is 2.47. The highest BCUT2D eigenvalue weighted by molar-refractivity contribution is 4.79. The quantitative estimate of drug-likeness (QED) is 0.597. The molecule has 2 heteroatoms. The van der Waals surface area contributed by atoms with Crippen LogP contribution in [0.2, 0.25) is 0 Å². The predicted molar refractivity (Wildman–Crippen MR) is 41.8 cm³/mol.